The summed E-state index contributed by atoms with van der Waals surface area (Å²) >= 11 is 0. The van der Waals surface area contributed by atoms with E-state index >= 15 is 0 Å². The van der Waals surface area contributed by atoms with Gasteiger partial charge in [0.25, 0.3) is 0 Å². The van der Waals surface area contributed by atoms with Gasteiger partial charge in [-0.2, -0.15) is 0 Å². The Morgan fingerprint density at radius 2 is 0.333 bits per heavy atom. The first-order chi connectivity index (χ1) is 29.7. The van der Waals surface area contributed by atoms with Crippen LogP contribution in [0.2, 0.25) is 0 Å². The van der Waals surface area contributed by atoms with Crippen LogP contribution in [0, 0.1) is 0 Å². The van der Waals surface area contributed by atoms with Crippen LogP contribution in [-0.4, -0.2) is 29.9 Å². The van der Waals surface area contributed by atoms with Crippen LogP contribution >= 0.6 is 0 Å². The standard InChI is InChI=1S/C54H42N6/c1-13-55-14-2-37(1)25-43-31-49-50(32-44(43)26-38-3-15-56-16-4-38)52-34-46(28-40-7-19-58-20-8-40)48(30-42-11-23-60-24-12-42)36-54(52)53-35-47(29-41-9-21-59-22-10-41)45(33-51(49)53)27-39-5-17-57-18-6-39/h1-24,31-36H,25-30H2. The molecule has 0 unspecified atom stereocenters. The number of fused-ring (bicyclic) bond motifs is 6. The van der Waals surface area contributed by atoms with Crippen molar-refractivity contribution < 1.29 is 0 Å². The minimum absolute atomic E-state index is 0.806. The highest BCUT2D eigenvalue weighted by Crippen LogP contribution is 2.41. The first kappa shape index (κ1) is 36.9. The third-order valence-electron chi connectivity index (χ3n) is 11.8. The molecular formula is C54H42N6. The van der Waals surface area contributed by atoms with Crippen LogP contribution < -0.4 is 0 Å². The van der Waals surface area contributed by atoms with E-state index in [4.69, 9.17) is 0 Å². The van der Waals surface area contributed by atoms with Crippen molar-refractivity contribution in [1.82, 2.24) is 29.9 Å². The van der Waals surface area contributed by atoms with Gasteiger partial charge in [-0.25, -0.2) is 0 Å². The summed E-state index contributed by atoms with van der Waals surface area (Å²) in [6.45, 7) is 0. The molecule has 6 aromatic heterocycles. The summed E-state index contributed by atoms with van der Waals surface area (Å²) < 4.78 is 0. The van der Waals surface area contributed by atoms with Gasteiger partial charge in [0.1, 0.15) is 0 Å². The Labute approximate surface area is 349 Å². The molecule has 6 heterocycles. The van der Waals surface area contributed by atoms with Crippen LogP contribution in [0.1, 0.15) is 66.8 Å². The van der Waals surface area contributed by atoms with Crippen molar-refractivity contribution in [2.75, 3.05) is 0 Å². The number of hydrogen-bond donors (Lipinski definition) is 0. The van der Waals surface area contributed by atoms with Crippen molar-refractivity contribution in [2.45, 2.75) is 38.5 Å². The zero-order valence-electron chi connectivity index (χ0n) is 33.2. The Hall–Kier alpha value is -7.44. The molecule has 0 bridgehead atoms. The molecule has 0 aliphatic heterocycles. The van der Waals surface area contributed by atoms with E-state index in [-0.39, 0.29) is 0 Å². The van der Waals surface area contributed by atoms with Gasteiger partial charge in [-0.3, -0.25) is 29.9 Å². The maximum absolute atomic E-state index is 4.34. The summed E-state index contributed by atoms with van der Waals surface area (Å²) in [5, 5.41) is 7.60. The van der Waals surface area contributed by atoms with E-state index in [1.807, 2.05) is 74.4 Å². The zero-order chi connectivity index (χ0) is 40.1. The molecule has 0 saturated carbocycles. The quantitative estimate of drug-likeness (QED) is 0.115. The van der Waals surface area contributed by atoms with Crippen LogP contribution in [0.3, 0.4) is 0 Å². The number of benzene rings is 4. The second kappa shape index (κ2) is 16.8. The largest absolute Gasteiger partial charge is 0.265 e. The molecule has 6 nitrogen and oxygen atoms in total. The molecule has 4 aromatic carbocycles. The van der Waals surface area contributed by atoms with E-state index in [0.717, 1.165) is 38.5 Å². The van der Waals surface area contributed by atoms with Crippen LogP contribution in [0.15, 0.2) is 184 Å². The highest BCUT2D eigenvalue weighted by molar-refractivity contribution is 6.26. The number of hydrogen-bond acceptors (Lipinski definition) is 6. The van der Waals surface area contributed by atoms with Crippen molar-refractivity contribution in [3.63, 3.8) is 0 Å². The van der Waals surface area contributed by atoms with Gasteiger partial charge in [-0.05, 0) is 247 Å². The highest BCUT2D eigenvalue weighted by atomic mass is 14.6. The molecule has 0 N–H and O–H groups in total. The Morgan fingerprint density at radius 3 is 0.467 bits per heavy atom. The molecule has 60 heavy (non-hydrogen) atoms. The number of pyridine rings is 6. The average molecular weight is 775 g/mol. The SMILES string of the molecule is c1cc(Cc2cc3c4cc(Cc5ccncc5)c(Cc5ccncc5)cc4c4cc(Cc5ccncc5)c(Cc5ccncc5)cc4c3cc2Cc2ccncc2)ccn1. The number of rotatable bonds is 12. The fourth-order valence-electron chi connectivity index (χ4n) is 8.72. The molecule has 0 atom stereocenters. The molecule has 10 aromatic rings. The minimum atomic E-state index is 0.806. The van der Waals surface area contributed by atoms with Crippen LogP contribution in [0.25, 0.3) is 32.3 Å². The summed E-state index contributed by atoms with van der Waals surface area (Å²) in [5.74, 6) is 0. The van der Waals surface area contributed by atoms with Crippen LogP contribution in [-0.2, 0) is 38.5 Å². The number of nitrogens with zero attached hydrogens (tertiary/aromatic N) is 6. The molecule has 10 rings (SSSR count). The molecule has 0 fully saturated rings. The zero-order valence-corrected chi connectivity index (χ0v) is 33.2. The van der Waals surface area contributed by atoms with Gasteiger partial charge in [-0.15, -0.1) is 0 Å². The van der Waals surface area contributed by atoms with Crippen molar-refractivity contribution in [3.05, 3.63) is 250 Å². The highest BCUT2D eigenvalue weighted by Gasteiger charge is 2.19. The maximum Gasteiger partial charge on any atom is 0.0270 e. The van der Waals surface area contributed by atoms with Gasteiger partial charge in [0.2, 0.25) is 0 Å². The second-order valence-electron chi connectivity index (χ2n) is 15.7. The van der Waals surface area contributed by atoms with Gasteiger partial charge >= 0.3 is 0 Å². The third-order valence-corrected chi connectivity index (χ3v) is 11.8. The second-order valence-corrected chi connectivity index (χ2v) is 15.7. The topological polar surface area (TPSA) is 77.3 Å². The van der Waals surface area contributed by atoms with E-state index < -0.39 is 0 Å². The summed E-state index contributed by atoms with van der Waals surface area (Å²) in [6.07, 6.45) is 27.6. The lowest BCUT2D eigenvalue weighted by Crippen LogP contribution is -2.03. The smallest absolute Gasteiger partial charge is 0.0270 e. The van der Waals surface area contributed by atoms with E-state index in [2.05, 4.69) is 139 Å². The van der Waals surface area contributed by atoms with Crippen molar-refractivity contribution in [1.29, 1.82) is 0 Å². The van der Waals surface area contributed by atoms with Gasteiger partial charge in [-0.1, -0.05) is 0 Å². The lowest BCUT2D eigenvalue weighted by atomic mass is 9.83. The Bertz CT molecular complexity index is 2480. The molecular weight excluding hydrogens is 733 g/mol. The van der Waals surface area contributed by atoms with Gasteiger partial charge < -0.3 is 0 Å². The van der Waals surface area contributed by atoms with Crippen molar-refractivity contribution in [3.8, 4) is 0 Å². The number of aromatic nitrogens is 6. The maximum atomic E-state index is 4.34. The fourth-order valence-corrected chi connectivity index (χ4v) is 8.72. The van der Waals surface area contributed by atoms with Gasteiger partial charge in [0.15, 0.2) is 0 Å². The molecule has 0 saturated heterocycles. The lowest BCUT2D eigenvalue weighted by Gasteiger charge is -2.21. The molecule has 0 radical (unpaired) electrons. The average Bonchev–Trinajstić information content (AvgIpc) is 3.29. The molecule has 288 valence electrons. The van der Waals surface area contributed by atoms with Crippen LogP contribution in [0.4, 0.5) is 0 Å². The normalized spacial score (nSPS) is 11.4. The Balaban J connectivity index is 1.28. The molecule has 6 heteroatoms. The van der Waals surface area contributed by atoms with Crippen LogP contribution in [0.5, 0.6) is 0 Å². The molecule has 0 aliphatic rings. The van der Waals surface area contributed by atoms with E-state index in [1.54, 1.807) is 0 Å². The van der Waals surface area contributed by atoms with Crippen molar-refractivity contribution >= 4 is 32.3 Å². The van der Waals surface area contributed by atoms with E-state index in [0.29, 0.717) is 0 Å². The fraction of sp³-hybridized carbons (Fsp3) is 0.111. The van der Waals surface area contributed by atoms with Gasteiger partial charge in [0, 0.05) is 74.4 Å². The molecule has 0 amide bonds. The lowest BCUT2D eigenvalue weighted by molar-refractivity contribution is 1.08. The minimum Gasteiger partial charge on any atom is -0.265 e. The van der Waals surface area contributed by atoms with Gasteiger partial charge in [0.05, 0.1) is 0 Å². The summed E-state index contributed by atoms with van der Waals surface area (Å²) in [6, 6.07) is 40.5. The first-order valence-corrected chi connectivity index (χ1v) is 20.5. The Kier molecular flexibility index (Phi) is 10.3. The van der Waals surface area contributed by atoms with Crippen molar-refractivity contribution in [2.24, 2.45) is 0 Å². The predicted octanol–water partition coefficient (Wildman–Crippen LogP) is 11.1. The summed E-state index contributed by atoms with van der Waals surface area (Å²) in [5.41, 5.74) is 15.3. The van der Waals surface area contributed by atoms with E-state index in [1.165, 1.54) is 99.1 Å². The third kappa shape index (κ3) is 8.00. The molecule has 0 spiro atoms. The monoisotopic (exact) mass is 774 g/mol. The summed E-state index contributed by atoms with van der Waals surface area (Å²) in [7, 11) is 0. The Morgan fingerprint density at radius 1 is 0.200 bits per heavy atom. The first-order valence-electron chi connectivity index (χ1n) is 20.5. The summed E-state index contributed by atoms with van der Waals surface area (Å²) in [4.78, 5) is 26.0. The predicted molar refractivity (Wildman–Crippen MR) is 241 cm³/mol. The van der Waals surface area contributed by atoms with E-state index in [9.17, 15) is 0 Å². The molecule has 0 aliphatic carbocycles.